The lowest BCUT2D eigenvalue weighted by atomic mass is 10.2. The number of hydrogen-bond donors (Lipinski definition) is 0. The highest BCUT2D eigenvalue weighted by atomic mass is 16.5. The van der Waals surface area contributed by atoms with Crippen LogP contribution in [0, 0.1) is 6.92 Å². The summed E-state index contributed by atoms with van der Waals surface area (Å²) >= 11 is 0. The van der Waals surface area contributed by atoms with Gasteiger partial charge in [0.1, 0.15) is 18.1 Å². The summed E-state index contributed by atoms with van der Waals surface area (Å²) in [7, 11) is 0. The molecule has 2 aromatic heterocycles. The lowest BCUT2D eigenvalue weighted by Crippen LogP contribution is -2.12. The molecule has 0 atom stereocenters. The number of esters is 1. The zero-order valence-corrected chi connectivity index (χ0v) is 12.4. The minimum absolute atomic E-state index is 0.220. The van der Waals surface area contributed by atoms with Gasteiger partial charge in [-0.1, -0.05) is 30.3 Å². The van der Waals surface area contributed by atoms with Crippen LogP contribution in [0.2, 0.25) is 0 Å². The third-order valence-electron chi connectivity index (χ3n) is 3.56. The van der Waals surface area contributed by atoms with Crippen molar-refractivity contribution >= 4 is 5.97 Å². The van der Waals surface area contributed by atoms with Gasteiger partial charge in [0.05, 0.1) is 6.26 Å². The van der Waals surface area contributed by atoms with Gasteiger partial charge in [-0.3, -0.25) is 0 Å². The second-order valence-electron chi connectivity index (χ2n) is 5.09. The molecule has 0 N–H and O–H groups in total. The number of hydrogen-bond acceptors (Lipinski definition) is 3. The first kappa shape index (κ1) is 14.2. The first-order valence-electron chi connectivity index (χ1n) is 7.13. The van der Waals surface area contributed by atoms with E-state index in [1.807, 2.05) is 60.2 Å². The Morgan fingerprint density at radius 1 is 1.14 bits per heavy atom. The molecule has 0 fully saturated rings. The predicted molar refractivity (Wildman–Crippen MR) is 82.5 cm³/mol. The van der Waals surface area contributed by atoms with Crippen LogP contribution in [0.1, 0.15) is 27.4 Å². The first-order valence-corrected chi connectivity index (χ1v) is 7.13. The van der Waals surface area contributed by atoms with E-state index in [9.17, 15) is 4.79 Å². The van der Waals surface area contributed by atoms with Crippen molar-refractivity contribution in [3.05, 3.63) is 83.6 Å². The molecule has 2 heterocycles. The summed E-state index contributed by atoms with van der Waals surface area (Å²) in [5, 5.41) is 0. The zero-order chi connectivity index (χ0) is 15.4. The van der Waals surface area contributed by atoms with E-state index in [1.54, 1.807) is 12.3 Å². The van der Waals surface area contributed by atoms with Gasteiger partial charge < -0.3 is 13.7 Å². The number of rotatable bonds is 5. The number of nitrogens with zero attached hydrogens (tertiary/aromatic N) is 1. The molecule has 0 aliphatic carbocycles. The van der Waals surface area contributed by atoms with Crippen molar-refractivity contribution < 1.29 is 13.9 Å². The molecule has 1 aromatic carbocycles. The van der Waals surface area contributed by atoms with Crippen molar-refractivity contribution in [2.45, 2.75) is 20.1 Å². The van der Waals surface area contributed by atoms with Gasteiger partial charge in [-0.25, -0.2) is 4.79 Å². The fraction of sp³-hybridized carbons (Fsp3) is 0.167. The standard InChI is InChI=1S/C18H17NO3/c1-14-16(9-11-21-14)13-22-18(20)17-8-5-10-19(17)12-15-6-3-2-4-7-15/h2-11H,12-13H2,1H3. The number of ether oxygens (including phenoxy) is 1. The van der Waals surface area contributed by atoms with Crippen LogP contribution in [0.4, 0.5) is 0 Å². The van der Waals surface area contributed by atoms with E-state index in [2.05, 4.69) is 0 Å². The van der Waals surface area contributed by atoms with E-state index in [4.69, 9.17) is 9.15 Å². The van der Waals surface area contributed by atoms with Crippen LogP contribution in [0.3, 0.4) is 0 Å². The quantitative estimate of drug-likeness (QED) is 0.673. The largest absolute Gasteiger partial charge is 0.469 e. The number of carbonyl (C=O) groups is 1. The smallest absolute Gasteiger partial charge is 0.355 e. The Balaban J connectivity index is 1.68. The summed E-state index contributed by atoms with van der Waals surface area (Å²) in [5.74, 6) is 0.439. The topological polar surface area (TPSA) is 44.4 Å². The second kappa shape index (κ2) is 6.35. The Morgan fingerprint density at radius 3 is 2.68 bits per heavy atom. The summed E-state index contributed by atoms with van der Waals surface area (Å²) < 4.78 is 12.5. The van der Waals surface area contributed by atoms with Gasteiger partial charge in [0.15, 0.2) is 0 Å². The molecule has 0 aliphatic rings. The van der Waals surface area contributed by atoms with Crippen LogP contribution in [0.5, 0.6) is 0 Å². The monoisotopic (exact) mass is 295 g/mol. The van der Waals surface area contributed by atoms with E-state index in [0.717, 1.165) is 16.9 Å². The van der Waals surface area contributed by atoms with Crippen LogP contribution < -0.4 is 0 Å². The highest BCUT2D eigenvalue weighted by Gasteiger charge is 2.13. The van der Waals surface area contributed by atoms with Crippen molar-refractivity contribution in [2.75, 3.05) is 0 Å². The summed E-state index contributed by atoms with van der Waals surface area (Å²) in [6.45, 7) is 2.71. The van der Waals surface area contributed by atoms with Gasteiger partial charge in [-0.15, -0.1) is 0 Å². The molecule has 0 bridgehead atoms. The lowest BCUT2D eigenvalue weighted by Gasteiger charge is -2.09. The van der Waals surface area contributed by atoms with E-state index >= 15 is 0 Å². The molecule has 22 heavy (non-hydrogen) atoms. The number of carbonyl (C=O) groups excluding carboxylic acids is 1. The maximum atomic E-state index is 12.2. The van der Waals surface area contributed by atoms with Crippen LogP contribution in [-0.4, -0.2) is 10.5 Å². The molecule has 0 spiro atoms. The molecule has 0 unspecified atom stereocenters. The van der Waals surface area contributed by atoms with E-state index in [-0.39, 0.29) is 12.6 Å². The predicted octanol–water partition coefficient (Wildman–Crippen LogP) is 3.79. The number of aromatic nitrogens is 1. The second-order valence-corrected chi connectivity index (χ2v) is 5.09. The Bertz CT molecular complexity index is 756. The molecule has 0 radical (unpaired) electrons. The number of aryl methyl sites for hydroxylation is 1. The maximum absolute atomic E-state index is 12.2. The first-order chi connectivity index (χ1) is 10.7. The number of furan rings is 1. The normalized spacial score (nSPS) is 10.6. The lowest BCUT2D eigenvalue weighted by molar-refractivity contribution is 0.0459. The van der Waals surface area contributed by atoms with Gasteiger partial charge >= 0.3 is 5.97 Å². The molecular weight excluding hydrogens is 278 g/mol. The summed E-state index contributed by atoms with van der Waals surface area (Å²) in [6.07, 6.45) is 3.48. The van der Waals surface area contributed by atoms with Crippen LogP contribution in [0.25, 0.3) is 0 Å². The highest BCUT2D eigenvalue weighted by Crippen LogP contribution is 2.13. The van der Waals surface area contributed by atoms with Crippen LogP contribution in [0.15, 0.2) is 65.4 Å². The molecule has 3 aromatic rings. The van der Waals surface area contributed by atoms with Crippen LogP contribution >= 0.6 is 0 Å². The molecule has 3 rings (SSSR count). The Morgan fingerprint density at radius 2 is 1.95 bits per heavy atom. The SMILES string of the molecule is Cc1occc1COC(=O)c1cccn1Cc1ccccc1. The van der Waals surface area contributed by atoms with Crippen LogP contribution in [-0.2, 0) is 17.9 Å². The Labute approximate surface area is 128 Å². The van der Waals surface area contributed by atoms with E-state index in [1.165, 1.54) is 0 Å². The average molecular weight is 295 g/mol. The molecule has 4 nitrogen and oxygen atoms in total. The van der Waals surface area contributed by atoms with E-state index < -0.39 is 0 Å². The molecule has 0 saturated carbocycles. The van der Waals surface area contributed by atoms with Crippen molar-refractivity contribution in [2.24, 2.45) is 0 Å². The van der Waals surface area contributed by atoms with E-state index in [0.29, 0.717) is 12.2 Å². The Hall–Kier alpha value is -2.75. The molecule has 0 aliphatic heterocycles. The fourth-order valence-electron chi connectivity index (χ4n) is 2.30. The van der Waals surface area contributed by atoms with Crippen molar-refractivity contribution in [1.82, 2.24) is 4.57 Å². The third kappa shape index (κ3) is 3.11. The minimum atomic E-state index is -0.332. The Kier molecular flexibility index (Phi) is 4.10. The van der Waals surface area contributed by atoms with Gasteiger partial charge in [0, 0.05) is 18.3 Å². The van der Waals surface area contributed by atoms with Gasteiger partial charge in [0.2, 0.25) is 0 Å². The van der Waals surface area contributed by atoms with Gasteiger partial charge in [-0.05, 0) is 30.7 Å². The fourth-order valence-corrected chi connectivity index (χ4v) is 2.30. The van der Waals surface area contributed by atoms with Crippen molar-refractivity contribution in [3.8, 4) is 0 Å². The van der Waals surface area contributed by atoms with Gasteiger partial charge in [0.25, 0.3) is 0 Å². The maximum Gasteiger partial charge on any atom is 0.355 e. The molecule has 112 valence electrons. The number of benzene rings is 1. The minimum Gasteiger partial charge on any atom is -0.469 e. The third-order valence-corrected chi connectivity index (χ3v) is 3.56. The van der Waals surface area contributed by atoms with Gasteiger partial charge in [-0.2, -0.15) is 0 Å². The molecule has 4 heteroatoms. The molecule has 0 saturated heterocycles. The molecular formula is C18H17NO3. The highest BCUT2D eigenvalue weighted by molar-refractivity contribution is 5.87. The zero-order valence-electron chi connectivity index (χ0n) is 12.4. The summed E-state index contributed by atoms with van der Waals surface area (Å²) in [4.78, 5) is 12.2. The molecule has 0 amide bonds. The van der Waals surface area contributed by atoms with Crippen molar-refractivity contribution in [1.29, 1.82) is 0 Å². The van der Waals surface area contributed by atoms with Crippen molar-refractivity contribution in [3.63, 3.8) is 0 Å². The summed E-state index contributed by atoms with van der Waals surface area (Å²) in [6, 6.07) is 15.4. The average Bonchev–Trinajstić information content (AvgIpc) is 3.15. The summed E-state index contributed by atoms with van der Waals surface area (Å²) in [5.41, 5.74) is 2.57.